The van der Waals surface area contributed by atoms with Gasteiger partial charge in [0.2, 0.25) is 0 Å². The summed E-state index contributed by atoms with van der Waals surface area (Å²) in [5.41, 5.74) is 0. The number of aliphatic hydroxyl groups excluding tert-OH is 2. The fourth-order valence-corrected chi connectivity index (χ4v) is 7.12. The zero-order chi connectivity index (χ0) is 38.6. The normalized spacial score (nSPS) is 19.1. The van der Waals surface area contributed by atoms with Crippen LogP contribution in [0.1, 0.15) is 175 Å². The van der Waals surface area contributed by atoms with E-state index in [1.54, 1.807) is 12.2 Å². The predicted molar refractivity (Wildman–Crippen MR) is 203 cm³/mol. The molecule has 0 aliphatic heterocycles. The third kappa shape index (κ3) is 26.2. The Labute approximate surface area is 314 Å². The highest BCUT2D eigenvalue weighted by atomic mass is 31.2. The molecule has 0 unspecified atom stereocenters. The summed E-state index contributed by atoms with van der Waals surface area (Å²) in [7, 11) is -4.82. The molecule has 0 amide bonds. The van der Waals surface area contributed by atoms with E-state index in [1.165, 1.54) is 51.4 Å². The molecule has 1 rings (SSSR count). The molecule has 52 heavy (non-hydrogen) atoms. The molecule has 11 nitrogen and oxygen atoms in total. The van der Waals surface area contributed by atoms with Gasteiger partial charge in [-0.1, -0.05) is 142 Å². The molecular weight excluding hydrogens is 687 g/mol. The Morgan fingerprint density at radius 1 is 0.788 bits per heavy atom. The van der Waals surface area contributed by atoms with E-state index in [4.69, 9.17) is 19.3 Å². The van der Waals surface area contributed by atoms with Crippen molar-refractivity contribution in [2.24, 2.45) is 17.8 Å². The molecule has 0 radical (unpaired) electrons. The lowest BCUT2D eigenvalue weighted by atomic mass is 9.88. The average molecular weight is 761 g/mol. The highest BCUT2D eigenvalue weighted by Gasteiger charge is 2.39. The predicted octanol–water partition coefficient (Wildman–Crippen LogP) is 8.68. The van der Waals surface area contributed by atoms with Crippen LogP contribution in [0.15, 0.2) is 12.2 Å². The number of phosphoric ester groups is 1. The molecule has 5 atom stereocenters. The highest BCUT2D eigenvalue weighted by Crippen LogP contribution is 2.36. The lowest BCUT2D eigenvalue weighted by molar-refractivity contribution is -0.161. The Bertz CT molecular complexity index is 1030. The van der Waals surface area contributed by atoms with E-state index >= 15 is 0 Å². The number of hydrogen-bond acceptors (Lipinski definition) is 9. The molecule has 12 heteroatoms. The van der Waals surface area contributed by atoms with Gasteiger partial charge in [-0.2, -0.15) is 0 Å². The molecule has 4 N–H and O–H groups in total. The maximum atomic E-state index is 12.5. The second-order valence-corrected chi connectivity index (χ2v) is 16.5. The minimum Gasteiger partial charge on any atom is -0.462 e. The first-order chi connectivity index (χ1) is 24.8. The van der Waals surface area contributed by atoms with Crippen molar-refractivity contribution in [1.82, 2.24) is 0 Å². The van der Waals surface area contributed by atoms with Gasteiger partial charge in [-0.15, -0.1) is 0 Å². The Kier molecular flexibility index (Phi) is 27.6. The lowest BCUT2D eigenvalue weighted by Gasteiger charge is -2.19. The smallest absolute Gasteiger partial charge is 0.462 e. The molecule has 1 saturated carbocycles. The van der Waals surface area contributed by atoms with E-state index in [0.29, 0.717) is 32.1 Å². The number of unbranched alkanes of at least 4 members (excludes halogenated alkanes) is 15. The second kappa shape index (κ2) is 29.7. The molecule has 0 bridgehead atoms. The second-order valence-electron chi connectivity index (χ2n) is 15.2. The molecule has 0 aromatic carbocycles. The Morgan fingerprint density at radius 2 is 1.33 bits per heavy atom. The number of carbonyl (C=O) groups is 3. The minimum absolute atomic E-state index is 0.00498. The highest BCUT2D eigenvalue weighted by molar-refractivity contribution is 7.46. The summed E-state index contributed by atoms with van der Waals surface area (Å²) in [6.45, 7) is 5.70. The van der Waals surface area contributed by atoms with Crippen LogP contribution in [-0.2, 0) is 32.9 Å². The number of rotatable bonds is 33. The molecule has 0 aromatic heterocycles. The maximum Gasteiger partial charge on any atom is 0.469 e. The van der Waals surface area contributed by atoms with Crippen LogP contribution in [0.5, 0.6) is 0 Å². The first-order valence-electron chi connectivity index (χ1n) is 20.4. The number of allylic oxidation sites excluding steroid dienone is 1. The molecule has 0 heterocycles. The van der Waals surface area contributed by atoms with Crippen LogP contribution in [0.2, 0.25) is 0 Å². The average Bonchev–Trinajstić information content (AvgIpc) is 3.35. The van der Waals surface area contributed by atoms with Crippen LogP contribution in [0.4, 0.5) is 0 Å². The molecule has 1 aliphatic rings. The molecule has 0 aromatic rings. The third-order valence-electron chi connectivity index (χ3n) is 9.87. The van der Waals surface area contributed by atoms with Crippen LogP contribution in [0, 0.1) is 17.8 Å². The third-order valence-corrected chi connectivity index (χ3v) is 10.4. The summed E-state index contributed by atoms with van der Waals surface area (Å²) in [5.74, 6) is -0.836. The number of Topliss-reactive ketones (excluding diaryl/α,β-unsaturated/α-hetero) is 1. The molecular formula is C40H73O11P. The van der Waals surface area contributed by atoms with Crippen LogP contribution < -0.4 is 0 Å². The van der Waals surface area contributed by atoms with Gasteiger partial charge >= 0.3 is 19.8 Å². The van der Waals surface area contributed by atoms with E-state index in [9.17, 15) is 29.2 Å². The van der Waals surface area contributed by atoms with Gasteiger partial charge in [0.05, 0.1) is 18.8 Å². The fourth-order valence-electron chi connectivity index (χ4n) is 6.76. The summed E-state index contributed by atoms with van der Waals surface area (Å²) in [4.78, 5) is 55.5. The Balaban J connectivity index is 2.28. The van der Waals surface area contributed by atoms with E-state index < -0.39 is 50.6 Å². The minimum atomic E-state index is -4.82. The number of ether oxygens (including phenoxy) is 2. The van der Waals surface area contributed by atoms with Crippen molar-refractivity contribution in [3.63, 3.8) is 0 Å². The Hall–Kier alpha value is -1.62. The van der Waals surface area contributed by atoms with E-state index in [0.717, 1.165) is 57.3 Å². The van der Waals surface area contributed by atoms with Gasteiger partial charge in [-0.3, -0.25) is 18.9 Å². The lowest BCUT2D eigenvalue weighted by Crippen LogP contribution is -2.29. The molecule has 0 spiro atoms. The largest absolute Gasteiger partial charge is 0.469 e. The first kappa shape index (κ1) is 48.4. The number of hydrogen-bond donors (Lipinski definition) is 4. The number of phosphoric acid groups is 1. The van der Waals surface area contributed by atoms with Crippen molar-refractivity contribution < 1.29 is 52.9 Å². The van der Waals surface area contributed by atoms with Crippen molar-refractivity contribution in [1.29, 1.82) is 0 Å². The van der Waals surface area contributed by atoms with Gasteiger partial charge in [0.15, 0.2) is 6.10 Å². The SMILES string of the molecule is CCCCC[C@H](O)/C=C/[C@H]1C(=O)C[C@H](O)[C@@H]1CCCCCCC(=O)O[C@H](COC(=O)CCCCCCCCCCCCCC(C)C)COP(=O)(O)O. The first-order valence-corrected chi connectivity index (χ1v) is 22.0. The quantitative estimate of drug-likeness (QED) is 0.0218. The summed E-state index contributed by atoms with van der Waals surface area (Å²) in [6.07, 6.45) is 22.7. The van der Waals surface area contributed by atoms with E-state index in [2.05, 4.69) is 25.3 Å². The van der Waals surface area contributed by atoms with Crippen molar-refractivity contribution in [3.8, 4) is 0 Å². The van der Waals surface area contributed by atoms with Crippen LogP contribution in [0.25, 0.3) is 0 Å². The number of aliphatic hydroxyl groups is 2. The van der Waals surface area contributed by atoms with Crippen molar-refractivity contribution in [2.75, 3.05) is 13.2 Å². The van der Waals surface area contributed by atoms with Crippen LogP contribution >= 0.6 is 7.82 Å². The van der Waals surface area contributed by atoms with E-state index in [1.807, 2.05) is 0 Å². The van der Waals surface area contributed by atoms with Gasteiger partial charge in [0, 0.05) is 25.2 Å². The molecule has 1 aliphatic carbocycles. The maximum absolute atomic E-state index is 12.5. The van der Waals surface area contributed by atoms with Crippen molar-refractivity contribution in [3.05, 3.63) is 12.2 Å². The monoisotopic (exact) mass is 760 g/mol. The summed E-state index contributed by atoms with van der Waals surface area (Å²) in [5, 5.41) is 20.7. The van der Waals surface area contributed by atoms with Gasteiger partial charge in [0.25, 0.3) is 0 Å². The number of esters is 2. The van der Waals surface area contributed by atoms with Crippen molar-refractivity contribution in [2.45, 2.75) is 193 Å². The van der Waals surface area contributed by atoms with E-state index in [-0.39, 0.29) is 37.6 Å². The van der Waals surface area contributed by atoms with Crippen LogP contribution in [-0.4, -0.2) is 69.2 Å². The molecule has 0 saturated heterocycles. The molecule has 1 fully saturated rings. The standard InChI is InChI=1S/C40H73O11P/c1-4-5-17-23-33(41)27-28-36-35(37(42)29-38(36)43)24-19-15-16-21-26-40(45)51-34(31-50-52(46,47)48)30-49-39(44)25-20-14-12-10-8-6-7-9-11-13-18-22-32(2)3/h27-28,32-37,41-42H,4-26,29-31H2,1-3H3,(H2,46,47,48)/b28-27+/t33-,34+,35+,36+,37-/m0/s1. The van der Waals surface area contributed by atoms with Gasteiger partial charge < -0.3 is 29.5 Å². The number of ketones is 1. The zero-order valence-electron chi connectivity index (χ0n) is 32.6. The Morgan fingerprint density at radius 3 is 1.90 bits per heavy atom. The summed E-state index contributed by atoms with van der Waals surface area (Å²) < 4.78 is 26.4. The van der Waals surface area contributed by atoms with Crippen molar-refractivity contribution >= 4 is 25.5 Å². The summed E-state index contributed by atoms with van der Waals surface area (Å²) in [6, 6.07) is 0. The summed E-state index contributed by atoms with van der Waals surface area (Å²) >= 11 is 0. The fraction of sp³-hybridized carbons (Fsp3) is 0.875. The number of carbonyl (C=O) groups excluding carboxylic acids is 3. The van der Waals surface area contributed by atoms with Gasteiger partial charge in [-0.05, 0) is 37.5 Å². The van der Waals surface area contributed by atoms with Crippen LogP contribution in [0.3, 0.4) is 0 Å². The van der Waals surface area contributed by atoms with Gasteiger partial charge in [-0.25, -0.2) is 4.57 Å². The molecule has 304 valence electrons. The zero-order valence-corrected chi connectivity index (χ0v) is 33.5. The topological polar surface area (TPSA) is 177 Å². The van der Waals surface area contributed by atoms with Gasteiger partial charge in [0.1, 0.15) is 12.4 Å².